The molecule has 9 aromatic rings. The summed E-state index contributed by atoms with van der Waals surface area (Å²) in [5.41, 5.74) is 14.4. The third-order valence-electron chi connectivity index (χ3n) is 18.9. The van der Waals surface area contributed by atoms with Gasteiger partial charge in [-0.1, -0.05) is 18.2 Å². The number of rotatable bonds is 13. The standard InChI is InChI=1S/C15H16N2O5.C15H18N2O3.C14H16N2O4.C14H16N2O3.C8H14N2O2.C7H10N2O2.C7H9NO.C3H3NO2.ClH/c1-9(15(20)17-4-6-21-7-5-17)14-16-13-10(8-18)11(19)2-3-12(13)22-14;1-10-3-4-13-12(9-10)16-14(20-13)11(2)15(18)17-5-7-19-8-6-17;1-9(14(18)16-4-6-19-7-5-16)13-15-11-8-10(17)2-3-12(11)20-13;1-10-2-3-12-11(8-10)15-13(19-12)9-14(17)16-4-6-18-7-5-16;1-7(9)6-8(11)10-2-4-12-5-3-10;1-8-6-7(10)9-2-4-11-5-3-9;1-5-2-3-6(8)7(9)4-5;1-4-2-3(5)6;/h2-3,8-9,19H,4-7H2,1H3;3-4,9,11H,5-8H2,1-2H3;2-3,8-9,17H,4-7H2,1H3;2-3,8H,4-7,9H2,1H3;9H,2-6H2,1H3;2-6H2;2-4,9H,8H2,1H3;2H2,(H,5,6);1H. The molecule has 6 aliphatic rings. The van der Waals surface area contributed by atoms with Crippen molar-refractivity contribution in [2.45, 2.75) is 79.1 Å². The summed E-state index contributed by atoms with van der Waals surface area (Å²) in [6, 6.07) is 24.4. The number of hydrogen-bond donors (Lipinski definition) is 6. The van der Waals surface area contributed by atoms with E-state index in [9.17, 15) is 48.6 Å². The Morgan fingerprint density at radius 1 is 0.467 bits per heavy atom. The summed E-state index contributed by atoms with van der Waals surface area (Å²) >= 11 is 0. The van der Waals surface area contributed by atoms with Crippen LogP contribution in [-0.2, 0) is 68.4 Å². The van der Waals surface area contributed by atoms with E-state index in [0.29, 0.717) is 210 Å². The van der Waals surface area contributed by atoms with E-state index in [4.69, 9.17) is 80.6 Å². The molecular formula is C83H103ClN14O22. The Morgan fingerprint density at radius 3 is 1.23 bits per heavy atom. The zero-order chi connectivity index (χ0) is 86.1. The Bertz CT molecular complexity index is 4890. The molecule has 10 heterocycles. The number of morpholine rings is 6. The van der Waals surface area contributed by atoms with Crippen molar-refractivity contribution in [2.24, 2.45) is 0 Å². The van der Waals surface area contributed by atoms with Crippen LogP contribution in [-0.4, -0.2) is 294 Å². The normalized spacial score (nSPS) is 15.8. The third kappa shape index (κ3) is 28.8. The van der Waals surface area contributed by atoms with Gasteiger partial charge in [-0.15, -0.1) is 12.4 Å². The molecule has 0 spiro atoms. The fourth-order valence-electron chi connectivity index (χ4n) is 12.2. The minimum absolute atomic E-state index is 0. The second-order valence-corrected chi connectivity index (χ2v) is 28.0. The molecule has 6 fully saturated rings. The number of nitrogens with zero attached hydrogens (tertiary/aromatic N) is 12. The number of amides is 6. The van der Waals surface area contributed by atoms with Crippen molar-refractivity contribution in [1.82, 2.24) is 49.3 Å². The molecule has 3 atom stereocenters. The maximum absolute atomic E-state index is 12.4. The number of aromatic hydroxyl groups is 3. The molecule has 3 unspecified atom stereocenters. The number of oxazole rings is 4. The Hall–Kier alpha value is -12.2. The van der Waals surface area contributed by atoms with E-state index in [0.717, 1.165) is 38.9 Å². The number of benzene rings is 5. The molecule has 6 saturated heterocycles. The predicted molar refractivity (Wildman–Crippen MR) is 441 cm³/mol. The summed E-state index contributed by atoms with van der Waals surface area (Å²) in [4.78, 5) is 126. The molecule has 644 valence electrons. The van der Waals surface area contributed by atoms with E-state index < -0.39 is 24.3 Å². The monoisotopic (exact) mass is 1680 g/mol. The second-order valence-electron chi connectivity index (χ2n) is 28.0. The topological polar surface area (TPSA) is 455 Å². The molecule has 4 aromatic heterocycles. The number of fused-ring (bicyclic) bond motifs is 4. The molecule has 0 bridgehead atoms. The van der Waals surface area contributed by atoms with Gasteiger partial charge in [-0.05, 0) is 126 Å². The van der Waals surface area contributed by atoms with Gasteiger partial charge in [0.25, 0.3) is 6.54 Å². The fraction of sp³-hybridized carbons (Fsp3) is 0.458. The molecular weight excluding hydrogens is 1580 g/mol. The first-order valence-electron chi connectivity index (χ1n) is 38.7. The number of hydrogen-bond acceptors (Lipinski definition) is 27. The molecule has 36 nitrogen and oxygen atoms in total. The Kier molecular flexibility index (Phi) is 38.0. The number of carboxylic acid groups (broad SMARTS) is 1. The Labute approximate surface area is 698 Å². The molecule has 0 saturated carbocycles. The first-order chi connectivity index (χ1) is 57.1. The number of anilines is 1. The maximum Gasteiger partial charge on any atom is 0.384 e. The summed E-state index contributed by atoms with van der Waals surface area (Å²) in [6.45, 7) is 39.5. The number of phenols is 3. The van der Waals surface area contributed by atoms with E-state index in [1.54, 1.807) is 63.5 Å². The predicted octanol–water partition coefficient (Wildman–Crippen LogP) is 8.17. The lowest BCUT2D eigenvalue weighted by Gasteiger charge is -2.28. The SMILES string of the molecule is CC(=N)CC(=O)N1CCOCC1.CC(C(=O)N1CCOCC1)c1nc2c(C=O)c(O)ccc2o1.CC(C(=O)N1CCOCC1)c1nc2cc(O)ccc2o1.Cc1ccc(N)c(O)c1.Cc1ccc2oc(C(C)C(=O)N3CCOCC3)nc2c1.Cc1ccc2oc(CC(=O)N3CCOCC3)nc2c1.Cl.[C-]#[N+]CC(=O)N1CCOCC1.[C-]#[N+]CC(=O)O. The van der Waals surface area contributed by atoms with Crippen LogP contribution in [0.5, 0.6) is 17.2 Å². The van der Waals surface area contributed by atoms with Gasteiger partial charge in [0.15, 0.2) is 28.6 Å². The van der Waals surface area contributed by atoms with Crippen molar-refractivity contribution in [2.75, 3.05) is 177 Å². The van der Waals surface area contributed by atoms with Gasteiger partial charge in [-0.2, -0.15) is 0 Å². The number of phenolic OH excluding ortho intramolecular Hbond substituents is 3. The van der Waals surface area contributed by atoms with Crippen molar-refractivity contribution < 1.29 is 105 Å². The van der Waals surface area contributed by atoms with Gasteiger partial charge in [-0.25, -0.2) is 37.9 Å². The second kappa shape index (κ2) is 48.0. The summed E-state index contributed by atoms with van der Waals surface area (Å²) in [5, 5.41) is 42.9. The zero-order valence-corrected chi connectivity index (χ0v) is 69.0. The van der Waals surface area contributed by atoms with E-state index >= 15 is 0 Å². The summed E-state index contributed by atoms with van der Waals surface area (Å²) in [5.74, 6) is -0.746. The van der Waals surface area contributed by atoms with Crippen LogP contribution in [0.15, 0.2) is 103 Å². The van der Waals surface area contributed by atoms with Crippen molar-refractivity contribution in [3.8, 4) is 17.2 Å². The Morgan fingerprint density at radius 2 is 0.825 bits per heavy atom. The van der Waals surface area contributed by atoms with Gasteiger partial charge in [0.2, 0.25) is 53.1 Å². The number of nitrogen functional groups attached to an aromatic ring is 1. The number of aromatic nitrogens is 4. The van der Waals surface area contributed by atoms with Gasteiger partial charge < -0.3 is 117 Å². The fourth-order valence-corrected chi connectivity index (χ4v) is 12.2. The molecule has 0 radical (unpaired) electrons. The van der Waals surface area contributed by atoms with Crippen molar-refractivity contribution in [3.63, 3.8) is 0 Å². The lowest BCUT2D eigenvalue weighted by atomic mass is 10.1. The van der Waals surface area contributed by atoms with Gasteiger partial charge in [-0.3, -0.25) is 33.6 Å². The smallest absolute Gasteiger partial charge is 0.384 e. The molecule has 6 aliphatic heterocycles. The van der Waals surface area contributed by atoms with E-state index in [1.807, 2.05) is 75.1 Å². The number of carboxylic acids is 1. The average molecular weight is 1680 g/mol. The highest BCUT2D eigenvalue weighted by atomic mass is 35.5. The molecule has 120 heavy (non-hydrogen) atoms. The van der Waals surface area contributed by atoms with Crippen LogP contribution in [0.2, 0.25) is 0 Å². The van der Waals surface area contributed by atoms with Crippen molar-refractivity contribution in [1.29, 1.82) is 5.41 Å². The highest BCUT2D eigenvalue weighted by Gasteiger charge is 2.32. The van der Waals surface area contributed by atoms with Gasteiger partial charge >= 0.3 is 18.4 Å². The highest BCUT2D eigenvalue weighted by Crippen LogP contribution is 2.31. The van der Waals surface area contributed by atoms with Crippen LogP contribution in [0, 0.1) is 39.3 Å². The molecule has 6 amide bonds. The third-order valence-corrected chi connectivity index (χ3v) is 18.9. The number of carbonyl (C=O) groups is 8. The van der Waals surface area contributed by atoms with Crippen molar-refractivity contribution in [3.05, 3.63) is 154 Å². The van der Waals surface area contributed by atoms with E-state index in [1.165, 1.54) is 24.3 Å². The number of nitrogens with two attached hydrogens (primary N) is 1. The number of carbonyl (C=O) groups excluding carboxylic acids is 7. The number of aldehydes is 1. The number of halogens is 1. The average Bonchev–Trinajstić information content (AvgIpc) is 1.52. The highest BCUT2D eigenvalue weighted by molar-refractivity contribution is 5.98. The van der Waals surface area contributed by atoms with Crippen LogP contribution in [0.1, 0.15) is 102 Å². The maximum atomic E-state index is 12.4. The molecule has 5 aromatic carbocycles. The van der Waals surface area contributed by atoms with Crippen LogP contribution in [0.3, 0.4) is 0 Å². The molecule has 0 aliphatic carbocycles. The van der Waals surface area contributed by atoms with E-state index in [2.05, 4.69) is 29.6 Å². The first-order valence-corrected chi connectivity index (χ1v) is 38.7. The van der Waals surface area contributed by atoms with Crippen molar-refractivity contribution >= 4 is 116 Å². The quantitative estimate of drug-likeness (QED) is 0.0208. The minimum atomic E-state index is -1.06. The molecule has 15 rings (SSSR count). The summed E-state index contributed by atoms with van der Waals surface area (Å²) < 4.78 is 53.6. The minimum Gasteiger partial charge on any atom is -0.508 e. The lowest BCUT2D eigenvalue weighted by Crippen LogP contribution is -2.42. The lowest BCUT2D eigenvalue weighted by molar-refractivity contribution is -0.137. The molecule has 37 heteroatoms. The van der Waals surface area contributed by atoms with Crippen LogP contribution < -0.4 is 5.73 Å². The van der Waals surface area contributed by atoms with Gasteiger partial charge in [0.05, 0.1) is 97.0 Å². The van der Waals surface area contributed by atoms with Crippen LogP contribution in [0.4, 0.5) is 5.69 Å². The zero-order valence-electron chi connectivity index (χ0n) is 68.2. The number of aliphatic carboxylic acids is 1. The number of ether oxygens (including phenoxy) is 6. The Balaban J connectivity index is 0.000000194. The van der Waals surface area contributed by atoms with Crippen LogP contribution in [0.25, 0.3) is 54.1 Å². The largest absolute Gasteiger partial charge is 0.508 e. The summed E-state index contributed by atoms with van der Waals surface area (Å²) in [6.07, 6.45) is 0.992. The summed E-state index contributed by atoms with van der Waals surface area (Å²) in [7, 11) is 0. The van der Waals surface area contributed by atoms with Gasteiger partial charge in [0, 0.05) is 90.3 Å². The first kappa shape index (κ1) is 95.0. The number of aryl methyl sites for hydroxylation is 3. The van der Waals surface area contributed by atoms with Crippen LogP contribution >= 0.6 is 12.4 Å². The van der Waals surface area contributed by atoms with Gasteiger partial charge in [0.1, 0.15) is 63.5 Å². The van der Waals surface area contributed by atoms with E-state index in [-0.39, 0.29) is 107 Å². The molecule has 7 N–H and O–H groups in total. The number of nitrogens with one attached hydrogen (secondary N) is 1.